The van der Waals surface area contributed by atoms with Crippen molar-refractivity contribution in [3.05, 3.63) is 88.1 Å². The van der Waals surface area contributed by atoms with Gasteiger partial charge in [0.05, 0.1) is 53.1 Å². The Morgan fingerprint density at radius 1 is 1.26 bits per heavy atom. The van der Waals surface area contributed by atoms with Crippen LogP contribution >= 0.6 is 0 Å². The van der Waals surface area contributed by atoms with Gasteiger partial charge in [0, 0.05) is 30.2 Å². The number of aryl methyl sites for hydroxylation is 1. The second-order valence-corrected chi connectivity index (χ2v) is 11.9. The van der Waals surface area contributed by atoms with Crippen molar-refractivity contribution >= 4 is 17.0 Å². The number of carboxylic acids is 1. The third-order valence-electron chi connectivity index (χ3n) is 9.39. The standard InChI is InChI=1S/C33H32FN5O4/c1-20-25(32(40)41)7-8-27-31(20)39(17-24-9-12-42-24)29(36-27)18-38-11-10-33(14-23(33)16-38)28-3-2-4-30(37-28)43-19-22-6-5-21(15-35)13-26(22)34/h2-8,13,23-24H,9-12,14,16-19H2,1H3,(H,40,41)/t23?,24-,33?/m0/s1. The number of fused-ring (bicyclic) bond motifs is 2. The number of benzene rings is 2. The number of hydrogen-bond acceptors (Lipinski definition) is 7. The summed E-state index contributed by atoms with van der Waals surface area (Å²) in [5.41, 5.74) is 4.42. The van der Waals surface area contributed by atoms with Gasteiger partial charge in [0.15, 0.2) is 0 Å². The van der Waals surface area contributed by atoms with Crippen molar-refractivity contribution in [2.45, 2.75) is 57.4 Å². The van der Waals surface area contributed by atoms with Crippen LogP contribution in [0.1, 0.15) is 57.8 Å². The predicted octanol–water partition coefficient (Wildman–Crippen LogP) is 4.98. The molecular formula is C33H32FN5O4. The van der Waals surface area contributed by atoms with Crippen LogP contribution in [0.2, 0.25) is 0 Å². The topological polar surface area (TPSA) is 113 Å². The number of aromatic carboxylic acids is 1. The highest BCUT2D eigenvalue weighted by molar-refractivity contribution is 5.95. The Labute approximate surface area is 248 Å². The van der Waals surface area contributed by atoms with Crippen LogP contribution in [0.3, 0.4) is 0 Å². The molecule has 4 heterocycles. The van der Waals surface area contributed by atoms with Crippen LogP contribution < -0.4 is 4.74 Å². The van der Waals surface area contributed by atoms with Crippen LogP contribution in [-0.2, 0) is 29.8 Å². The third-order valence-corrected chi connectivity index (χ3v) is 9.39. The highest BCUT2D eigenvalue weighted by Gasteiger charge is 2.58. The number of pyridine rings is 1. The minimum Gasteiger partial charge on any atom is -0.478 e. The Kier molecular flexibility index (Phi) is 6.87. The molecule has 0 amide bonds. The minimum absolute atomic E-state index is 0.0163. The summed E-state index contributed by atoms with van der Waals surface area (Å²) in [6, 6.07) is 15.6. The van der Waals surface area contributed by atoms with Crippen molar-refractivity contribution < 1.29 is 23.8 Å². The Morgan fingerprint density at radius 3 is 2.84 bits per heavy atom. The van der Waals surface area contributed by atoms with Gasteiger partial charge in [-0.3, -0.25) is 4.90 Å². The molecule has 2 unspecified atom stereocenters. The van der Waals surface area contributed by atoms with E-state index in [2.05, 4.69) is 15.5 Å². The van der Waals surface area contributed by atoms with Crippen LogP contribution in [0.25, 0.3) is 11.0 Å². The number of carbonyl (C=O) groups is 1. The van der Waals surface area contributed by atoms with E-state index in [1.54, 1.807) is 24.3 Å². The number of ether oxygens (including phenoxy) is 2. The van der Waals surface area contributed by atoms with E-state index in [0.717, 1.165) is 67.1 Å². The predicted molar refractivity (Wildman–Crippen MR) is 155 cm³/mol. The molecule has 2 aliphatic heterocycles. The number of aromatic nitrogens is 3. The highest BCUT2D eigenvalue weighted by Crippen LogP contribution is 2.59. The molecule has 2 aromatic carbocycles. The molecule has 2 aromatic heterocycles. The molecule has 0 spiro atoms. The molecule has 0 radical (unpaired) electrons. The Bertz CT molecular complexity index is 1780. The summed E-state index contributed by atoms with van der Waals surface area (Å²) in [7, 11) is 0. The van der Waals surface area contributed by atoms with E-state index >= 15 is 0 Å². The molecule has 9 nitrogen and oxygen atoms in total. The third kappa shape index (κ3) is 5.02. The lowest BCUT2D eigenvalue weighted by molar-refractivity contribution is -0.0592. The second kappa shape index (κ2) is 10.7. The maximum atomic E-state index is 14.3. The fraction of sp³-hybridized carbons (Fsp3) is 0.394. The number of nitrogens with zero attached hydrogens (tertiary/aromatic N) is 5. The smallest absolute Gasteiger partial charge is 0.336 e. The number of nitriles is 1. The summed E-state index contributed by atoms with van der Waals surface area (Å²) in [6.07, 6.45) is 3.13. The molecule has 220 valence electrons. The molecule has 7 rings (SSSR count). The summed E-state index contributed by atoms with van der Waals surface area (Å²) >= 11 is 0. The molecule has 3 aliphatic rings. The van der Waals surface area contributed by atoms with Gasteiger partial charge in [0.1, 0.15) is 18.2 Å². The molecule has 4 aromatic rings. The van der Waals surface area contributed by atoms with E-state index in [9.17, 15) is 14.3 Å². The maximum absolute atomic E-state index is 14.3. The summed E-state index contributed by atoms with van der Waals surface area (Å²) in [4.78, 5) is 24.1. The summed E-state index contributed by atoms with van der Waals surface area (Å²) < 4.78 is 28.1. The second-order valence-electron chi connectivity index (χ2n) is 11.9. The fourth-order valence-corrected chi connectivity index (χ4v) is 6.76. The summed E-state index contributed by atoms with van der Waals surface area (Å²) in [5.74, 6) is 0.474. The monoisotopic (exact) mass is 581 g/mol. The van der Waals surface area contributed by atoms with Gasteiger partial charge in [0.2, 0.25) is 5.88 Å². The molecule has 1 saturated carbocycles. The van der Waals surface area contributed by atoms with E-state index in [-0.39, 0.29) is 23.7 Å². The van der Waals surface area contributed by atoms with Crippen LogP contribution in [0.15, 0.2) is 48.5 Å². The fourth-order valence-electron chi connectivity index (χ4n) is 6.76. The average molecular weight is 582 g/mol. The van der Waals surface area contributed by atoms with E-state index in [4.69, 9.17) is 24.7 Å². The van der Waals surface area contributed by atoms with Gasteiger partial charge in [0.25, 0.3) is 0 Å². The molecule has 1 N–H and O–H groups in total. The van der Waals surface area contributed by atoms with Crippen LogP contribution in [-0.4, -0.2) is 56.3 Å². The summed E-state index contributed by atoms with van der Waals surface area (Å²) in [5, 5.41) is 18.7. The van der Waals surface area contributed by atoms with Crippen molar-refractivity contribution in [1.82, 2.24) is 19.4 Å². The van der Waals surface area contributed by atoms with E-state index in [1.807, 2.05) is 25.1 Å². The van der Waals surface area contributed by atoms with Crippen LogP contribution in [0.4, 0.5) is 4.39 Å². The zero-order valence-electron chi connectivity index (χ0n) is 23.9. The molecule has 10 heteroatoms. The number of hydrogen-bond donors (Lipinski definition) is 1. The van der Waals surface area contributed by atoms with Gasteiger partial charge < -0.3 is 19.1 Å². The van der Waals surface area contributed by atoms with E-state index in [1.165, 1.54) is 6.07 Å². The normalized spacial score (nSPS) is 22.9. The van der Waals surface area contributed by atoms with Gasteiger partial charge in [-0.25, -0.2) is 19.2 Å². The Morgan fingerprint density at radius 2 is 2.12 bits per heavy atom. The first-order valence-electron chi connectivity index (χ1n) is 14.7. The first-order chi connectivity index (χ1) is 20.8. The van der Waals surface area contributed by atoms with Gasteiger partial charge >= 0.3 is 5.97 Å². The Hall–Kier alpha value is -4.33. The van der Waals surface area contributed by atoms with Crippen molar-refractivity contribution in [3.63, 3.8) is 0 Å². The molecule has 1 aliphatic carbocycles. The first kappa shape index (κ1) is 27.5. The van der Waals surface area contributed by atoms with Crippen molar-refractivity contribution in [3.8, 4) is 11.9 Å². The van der Waals surface area contributed by atoms with E-state index in [0.29, 0.717) is 36.0 Å². The zero-order valence-corrected chi connectivity index (χ0v) is 23.9. The molecule has 0 bridgehead atoms. The molecule has 3 fully saturated rings. The van der Waals surface area contributed by atoms with Crippen LogP contribution in [0.5, 0.6) is 5.88 Å². The molecular weight excluding hydrogens is 549 g/mol. The van der Waals surface area contributed by atoms with Crippen LogP contribution in [0, 0.1) is 30.0 Å². The SMILES string of the molecule is Cc1c(C(=O)O)ccc2nc(CN3CCC4(c5cccc(OCc6ccc(C#N)cc6F)n5)CC4C3)n(C[C@@H]3CCO3)c12. The van der Waals surface area contributed by atoms with Gasteiger partial charge in [-0.2, -0.15) is 5.26 Å². The Balaban J connectivity index is 1.05. The number of piperidine rings is 1. The number of carboxylic acid groups (broad SMARTS) is 1. The number of rotatable bonds is 9. The largest absolute Gasteiger partial charge is 0.478 e. The number of imidazole rings is 1. The first-order valence-corrected chi connectivity index (χ1v) is 14.7. The molecule has 2 saturated heterocycles. The van der Waals surface area contributed by atoms with Crippen molar-refractivity contribution in [1.29, 1.82) is 5.26 Å². The summed E-state index contributed by atoms with van der Waals surface area (Å²) in [6.45, 7) is 5.82. The average Bonchev–Trinajstić information content (AvgIpc) is 3.61. The van der Waals surface area contributed by atoms with Crippen molar-refractivity contribution in [2.75, 3.05) is 19.7 Å². The van der Waals surface area contributed by atoms with E-state index < -0.39 is 11.8 Å². The van der Waals surface area contributed by atoms with Gasteiger partial charge in [-0.15, -0.1) is 0 Å². The lowest BCUT2D eigenvalue weighted by Gasteiger charge is -2.32. The maximum Gasteiger partial charge on any atom is 0.336 e. The number of likely N-dealkylation sites (tertiary alicyclic amines) is 1. The highest BCUT2D eigenvalue weighted by atomic mass is 19.1. The lowest BCUT2D eigenvalue weighted by Crippen LogP contribution is -2.37. The van der Waals surface area contributed by atoms with Gasteiger partial charge in [-0.1, -0.05) is 12.1 Å². The quantitative estimate of drug-likeness (QED) is 0.295. The van der Waals surface area contributed by atoms with Gasteiger partial charge in [-0.05, 0) is 74.5 Å². The minimum atomic E-state index is -0.931. The number of halogens is 1. The zero-order chi connectivity index (χ0) is 29.7. The lowest BCUT2D eigenvalue weighted by atomic mass is 9.91. The molecule has 3 atom stereocenters. The van der Waals surface area contributed by atoms with Crippen molar-refractivity contribution in [2.24, 2.45) is 5.92 Å². The molecule has 43 heavy (non-hydrogen) atoms.